The van der Waals surface area contributed by atoms with Crippen molar-refractivity contribution in [3.8, 4) is 5.75 Å². The Morgan fingerprint density at radius 1 is 1.33 bits per heavy atom. The Morgan fingerprint density at radius 3 is 2.81 bits per heavy atom. The number of hydrogen-bond acceptors (Lipinski definition) is 4. The number of esters is 1. The molecule has 0 aliphatic heterocycles. The van der Waals surface area contributed by atoms with Crippen molar-refractivity contribution in [1.82, 2.24) is 0 Å². The fraction of sp³-hybridized carbons (Fsp3) is 0.133. The van der Waals surface area contributed by atoms with Gasteiger partial charge in [0.25, 0.3) is 0 Å². The summed E-state index contributed by atoms with van der Waals surface area (Å²) >= 11 is 6.03. The molecule has 2 N–H and O–H groups in total. The molecule has 2 aromatic rings. The van der Waals surface area contributed by atoms with E-state index in [0.717, 1.165) is 0 Å². The number of aromatic hydroxyl groups is 1. The number of benzene rings is 2. The van der Waals surface area contributed by atoms with Gasteiger partial charge in [0.15, 0.2) is 0 Å². The third-order valence-corrected chi connectivity index (χ3v) is 3.23. The summed E-state index contributed by atoms with van der Waals surface area (Å²) < 4.78 is 17.8. The van der Waals surface area contributed by atoms with Crippen LogP contribution in [0.3, 0.4) is 0 Å². The number of carbonyl (C=O) groups excluding carboxylic acids is 1. The number of carbonyl (C=O) groups is 1. The topological polar surface area (TPSA) is 58.6 Å². The van der Waals surface area contributed by atoms with Gasteiger partial charge in [-0.05, 0) is 36.4 Å². The molecular weight excluding hydrogens is 297 g/mol. The van der Waals surface area contributed by atoms with Gasteiger partial charge in [0.1, 0.15) is 11.6 Å². The van der Waals surface area contributed by atoms with Gasteiger partial charge in [-0.3, -0.25) is 0 Å². The molecule has 0 saturated heterocycles. The van der Waals surface area contributed by atoms with Crippen LogP contribution in [-0.2, 0) is 11.3 Å². The van der Waals surface area contributed by atoms with Crippen LogP contribution in [-0.4, -0.2) is 18.2 Å². The minimum atomic E-state index is -0.483. The van der Waals surface area contributed by atoms with Crippen LogP contribution in [0.1, 0.15) is 15.9 Å². The van der Waals surface area contributed by atoms with Crippen LogP contribution in [0.15, 0.2) is 36.4 Å². The first-order chi connectivity index (χ1) is 10.0. The lowest BCUT2D eigenvalue weighted by Gasteiger charge is -2.11. The summed E-state index contributed by atoms with van der Waals surface area (Å²) in [5.41, 5.74) is 1.21. The molecule has 0 aliphatic carbocycles. The van der Waals surface area contributed by atoms with E-state index >= 15 is 0 Å². The molecule has 0 aromatic heterocycles. The van der Waals surface area contributed by atoms with Gasteiger partial charge in [-0.1, -0.05) is 11.6 Å². The Bertz CT molecular complexity index is 676. The Kier molecular flexibility index (Phi) is 4.65. The highest BCUT2D eigenvalue weighted by molar-refractivity contribution is 6.33. The third kappa shape index (κ3) is 3.64. The molecule has 0 heterocycles. The van der Waals surface area contributed by atoms with Crippen LogP contribution in [0, 0.1) is 5.82 Å². The maximum Gasteiger partial charge on any atom is 0.337 e. The number of halogens is 2. The molecule has 0 spiro atoms. The van der Waals surface area contributed by atoms with Crippen molar-refractivity contribution in [2.75, 3.05) is 12.4 Å². The van der Waals surface area contributed by atoms with Crippen molar-refractivity contribution in [3.63, 3.8) is 0 Å². The van der Waals surface area contributed by atoms with Gasteiger partial charge in [0.05, 0.1) is 23.4 Å². The summed E-state index contributed by atoms with van der Waals surface area (Å²) in [4.78, 5) is 11.5. The SMILES string of the molecule is COC(=O)c1ccc(Cl)c(NCc2cc(F)ccc2O)c1. The van der Waals surface area contributed by atoms with Crippen LogP contribution < -0.4 is 5.32 Å². The number of rotatable bonds is 4. The zero-order valence-corrected chi connectivity index (χ0v) is 11.9. The Labute approximate surface area is 126 Å². The summed E-state index contributed by atoms with van der Waals surface area (Å²) in [5.74, 6) is -0.952. The van der Waals surface area contributed by atoms with E-state index in [1.807, 2.05) is 0 Å². The van der Waals surface area contributed by atoms with Crippen molar-refractivity contribution >= 4 is 23.3 Å². The molecule has 0 radical (unpaired) electrons. The average molecular weight is 310 g/mol. The Hall–Kier alpha value is -2.27. The minimum Gasteiger partial charge on any atom is -0.508 e. The largest absolute Gasteiger partial charge is 0.508 e. The molecule has 21 heavy (non-hydrogen) atoms. The molecule has 110 valence electrons. The molecule has 0 bridgehead atoms. The highest BCUT2D eigenvalue weighted by Crippen LogP contribution is 2.25. The molecule has 0 atom stereocenters. The second-order valence-corrected chi connectivity index (χ2v) is 4.72. The fourth-order valence-electron chi connectivity index (χ4n) is 1.79. The number of phenolic OH excluding ortho intramolecular Hbond substituents is 1. The number of ether oxygens (including phenoxy) is 1. The maximum atomic E-state index is 13.1. The standard InChI is InChI=1S/C15H13ClFNO3/c1-21-15(20)9-2-4-12(16)13(7-9)18-8-10-6-11(17)3-5-14(10)19/h2-7,18-19H,8H2,1H3. The Balaban J connectivity index is 2.19. The first-order valence-electron chi connectivity index (χ1n) is 6.10. The first kappa shape index (κ1) is 15.1. The van der Waals surface area contributed by atoms with Crippen LogP contribution >= 0.6 is 11.6 Å². The van der Waals surface area contributed by atoms with E-state index in [9.17, 15) is 14.3 Å². The van der Waals surface area contributed by atoms with E-state index in [4.69, 9.17) is 11.6 Å². The van der Waals surface area contributed by atoms with E-state index in [1.165, 1.54) is 31.4 Å². The van der Waals surface area contributed by atoms with Crippen molar-refractivity contribution in [2.45, 2.75) is 6.54 Å². The van der Waals surface area contributed by atoms with Gasteiger partial charge in [-0.15, -0.1) is 0 Å². The van der Waals surface area contributed by atoms with Crippen LogP contribution in [0.2, 0.25) is 5.02 Å². The van der Waals surface area contributed by atoms with Crippen LogP contribution in [0.5, 0.6) is 5.75 Å². The lowest BCUT2D eigenvalue weighted by atomic mass is 10.1. The summed E-state index contributed by atoms with van der Waals surface area (Å²) in [6.45, 7) is 0.161. The smallest absolute Gasteiger partial charge is 0.337 e. The summed E-state index contributed by atoms with van der Waals surface area (Å²) in [5, 5.41) is 13.0. The normalized spacial score (nSPS) is 10.2. The second kappa shape index (κ2) is 6.45. The number of anilines is 1. The van der Waals surface area contributed by atoms with Gasteiger partial charge >= 0.3 is 5.97 Å². The van der Waals surface area contributed by atoms with Gasteiger partial charge in [-0.25, -0.2) is 9.18 Å². The molecule has 0 amide bonds. The Morgan fingerprint density at radius 2 is 2.10 bits per heavy atom. The first-order valence-corrected chi connectivity index (χ1v) is 6.48. The van der Waals surface area contributed by atoms with Gasteiger partial charge in [0.2, 0.25) is 0 Å². The van der Waals surface area contributed by atoms with Gasteiger partial charge < -0.3 is 15.2 Å². The predicted octanol–water partition coefficient (Wildman–Crippen LogP) is 3.58. The molecule has 0 fully saturated rings. The van der Waals surface area contributed by atoms with E-state index in [1.54, 1.807) is 12.1 Å². The minimum absolute atomic E-state index is 0.0239. The molecular formula is C15H13ClFNO3. The summed E-state index contributed by atoms with van der Waals surface area (Å²) in [7, 11) is 1.29. The summed E-state index contributed by atoms with van der Waals surface area (Å²) in [6, 6.07) is 8.30. The van der Waals surface area contributed by atoms with Crippen LogP contribution in [0.4, 0.5) is 10.1 Å². The molecule has 0 unspecified atom stereocenters. The van der Waals surface area contributed by atoms with Crippen molar-refractivity contribution in [2.24, 2.45) is 0 Å². The number of hydrogen-bond donors (Lipinski definition) is 2. The van der Waals surface area contributed by atoms with Crippen molar-refractivity contribution < 1.29 is 19.0 Å². The second-order valence-electron chi connectivity index (χ2n) is 4.31. The van der Waals surface area contributed by atoms with Gasteiger partial charge in [-0.2, -0.15) is 0 Å². The third-order valence-electron chi connectivity index (χ3n) is 2.90. The van der Waals surface area contributed by atoms with E-state index in [-0.39, 0.29) is 12.3 Å². The lowest BCUT2D eigenvalue weighted by Crippen LogP contribution is -2.05. The predicted molar refractivity (Wildman–Crippen MR) is 78.2 cm³/mol. The quantitative estimate of drug-likeness (QED) is 0.848. The average Bonchev–Trinajstić information content (AvgIpc) is 2.48. The molecule has 6 heteroatoms. The highest BCUT2D eigenvalue weighted by atomic mass is 35.5. The molecule has 2 aromatic carbocycles. The number of methoxy groups -OCH3 is 1. The zero-order chi connectivity index (χ0) is 15.4. The van der Waals surface area contributed by atoms with Crippen molar-refractivity contribution in [3.05, 3.63) is 58.4 Å². The van der Waals surface area contributed by atoms with Gasteiger partial charge in [0, 0.05) is 12.1 Å². The lowest BCUT2D eigenvalue weighted by molar-refractivity contribution is 0.0601. The molecule has 0 saturated carbocycles. The van der Waals surface area contributed by atoms with E-state index in [2.05, 4.69) is 10.1 Å². The van der Waals surface area contributed by atoms with E-state index < -0.39 is 11.8 Å². The number of nitrogens with one attached hydrogen (secondary N) is 1. The molecule has 2 rings (SSSR count). The monoisotopic (exact) mass is 309 g/mol. The maximum absolute atomic E-state index is 13.1. The molecule has 4 nitrogen and oxygen atoms in total. The van der Waals surface area contributed by atoms with Crippen molar-refractivity contribution in [1.29, 1.82) is 0 Å². The van der Waals surface area contributed by atoms with E-state index in [0.29, 0.717) is 21.8 Å². The summed E-state index contributed by atoms with van der Waals surface area (Å²) in [6.07, 6.45) is 0. The highest BCUT2D eigenvalue weighted by Gasteiger charge is 2.10. The zero-order valence-electron chi connectivity index (χ0n) is 11.2. The fourth-order valence-corrected chi connectivity index (χ4v) is 1.98. The molecule has 0 aliphatic rings. The van der Waals surface area contributed by atoms with Crippen LogP contribution in [0.25, 0.3) is 0 Å². The number of phenols is 1.